The highest BCUT2D eigenvalue weighted by Crippen LogP contribution is 2.17. The minimum absolute atomic E-state index is 0.224. The van der Waals surface area contributed by atoms with Crippen LogP contribution in [0.1, 0.15) is 39.2 Å². The number of nitrogens with zero attached hydrogens (tertiary/aromatic N) is 1. The fourth-order valence-corrected chi connectivity index (χ4v) is 2.46. The Bertz CT molecular complexity index is 459. The highest BCUT2D eigenvalue weighted by atomic mass is 16.6. The molecular formula is C17H28N2O4. The summed E-state index contributed by atoms with van der Waals surface area (Å²) in [6.07, 6.45) is 5.14. The van der Waals surface area contributed by atoms with E-state index in [4.69, 9.17) is 13.9 Å². The molecule has 1 fully saturated rings. The van der Waals surface area contributed by atoms with E-state index in [1.807, 2.05) is 26.8 Å². The van der Waals surface area contributed by atoms with E-state index < -0.39 is 5.60 Å². The zero-order chi connectivity index (χ0) is 16.7. The molecule has 0 saturated carbocycles. The van der Waals surface area contributed by atoms with Crippen molar-refractivity contribution in [3.05, 3.63) is 24.2 Å². The number of hydrogen-bond donors (Lipinski definition) is 1. The maximum absolute atomic E-state index is 12.0. The molecule has 23 heavy (non-hydrogen) atoms. The van der Waals surface area contributed by atoms with Gasteiger partial charge in [0.1, 0.15) is 5.60 Å². The van der Waals surface area contributed by atoms with Gasteiger partial charge in [-0.1, -0.05) is 0 Å². The molecule has 0 unspecified atom stereocenters. The second-order valence-electron chi connectivity index (χ2n) is 6.85. The third-order valence-corrected chi connectivity index (χ3v) is 3.64. The summed E-state index contributed by atoms with van der Waals surface area (Å²) in [6.45, 7) is 9.32. The third kappa shape index (κ3) is 6.62. The molecule has 1 aliphatic rings. The minimum atomic E-state index is -0.439. The number of amides is 1. The normalized spacial score (nSPS) is 16.6. The summed E-state index contributed by atoms with van der Waals surface area (Å²) in [4.78, 5) is 13.7. The number of piperidine rings is 1. The summed E-state index contributed by atoms with van der Waals surface area (Å²) >= 11 is 0. The summed E-state index contributed by atoms with van der Waals surface area (Å²) in [6, 6.07) is 1.94. The lowest BCUT2D eigenvalue weighted by Crippen LogP contribution is -2.43. The molecule has 0 spiro atoms. The third-order valence-electron chi connectivity index (χ3n) is 3.64. The average molecular weight is 324 g/mol. The zero-order valence-electron chi connectivity index (χ0n) is 14.3. The van der Waals surface area contributed by atoms with Gasteiger partial charge in [0.05, 0.1) is 25.2 Å². The van der Waals surface area contributed by atoms with Crippen molar-refractivity contribution in [3.63, 3.8) is 0 Å². The molecule has 0 radical (unpaired) electrons. The van der Waals surface area contributed by atoms with Gasteiger partial charge in [-0.2, -0.15) is 0 Å². The molecule has 1 aromatic rings. The second-order valence-corrected chi connectivity index (χ2v) is 6.85. The average Bonchev–Trinajstić information content (AvgIpc) is 2.99. The number of ether oxygens (including phenoxy) is 2. The molecule has 0 bridgehead atoms. The second kappa shape index (κ2) is 8.36. The monoisotopic (exact) mass is 324 g/mol. The summed E-state index contributed by atoms with van der Waals surface area (Å²) < 4.78 is 16.3. The van der Waals surface area contributed by atoms with Gasteiger partial charge in [0.15, 0.2) is 0 Å². The van der Waals surface area contributed by atoms with Crippen molar-refractivity contribution in [2.45, 2.75) is 51.9 Å². The van der Waals surface area contributed by atoms with E-state index in [0.29, 0.717) is 19.7 Å². The van der Waals surface area contributed by atoms with Crippen LogP contribution in [0.3, 0.4) is 0 Å². The highest BCUT2D eigenvalue weighted by molar-refractivity contribution is 5.68. The van der Waals surface area contributed by atoms with Crippen molar-refractivity contribution in [3.8, 4) is 0 Å². The molecule has 1 aromatic heterocycles. The molecule has 1 aliphatic heterocycles. The number of likely N-dealkylation sites (tertiary alicyclic amines) is 1. The molecular weight excluding hydrogens is 296 g/mol. The van der Waals surface area contributed by atoms with Gasteiger partial charge in [-0.3, -0.25) is 0 Å². The van der Waals surface area contributed by atoms with E-state index in [1.54, 1.807) is 17.4 Å². The van der Waals surface area contributed by atoms with Gasteiger partial charge >= 0.3 is 6.09 Å². The van der Waals surface area contributed by atoms with Gasteiger partial charge < -0.3 is 24.1 Å². The Morgan fingerprint density at radius 1 is 1.39 bits per heavy atom. The molecule has 0 aromatic carbocycles. The molecule has 2 heterocycles. The van der Waals surface area contributed by atoms with Crippen molar-refractivity contribution >= 4 is 6.09 Å². The molecule has 130 valence electrons. The maximum Gasteiger partial charge on any atom is 0.410 e. The van der Waals surface area contributed by atoms with Gasteiger partial charge in [0, 0.05) is 31.7 Å². The molecule has 1 amide bonds. The number of hydrogen-bond acceptors (Lipinski definition) is 5. The van der Waals surface area contributed by atoms with Crippen LogP contribution < -0.4 is 5.32 Å². The molecule has 0 aliphatic carbocycles. The van der Waals surface area contributed by atoms with E-state index >= 15 is 0 Å². The number of rotatable bonds is 6. The van der Waals surface area contributed by atoms with Gasteiger partial charge in [0.2, 0.25) is 0 Å². The lowest BCUT2D eigenvalue weighted by atomic mass is 10.1. The van der Waals surface area contributed by atoms with E-state index in [-0.39, 0.29) is 12.2 Å². The molecule has 0 atom stereocenters. The number of carbonyl (C=O) groups excluding carboxylic acids is 1. The summed E-state index contributed by atoms with van der Waals surface area (Å²) in [5.74, 6) is 0. The van der Waals surface area contributed by atoms with Crippen LogP contribution in [0.5, 0.6) is 0 Å². The van der Waals surface area contributed by atoms with Crippen LogP contribution in [0.15, 0.2) is 23.0 Å². The quantitative estimate of drug-likeness (QED) is 0.815. The van der Waals surface area contributed by atoms with Crippen molar-refractivity contribution in [2.75, 3.05) is 26.2 Å². The molecule has 1 N–H and O–H groups in total. The van der Waals surface area contributed by atoms with Crippen LogP contribution in [-0.4, -0.2) is 48.9 Å². The van der Waals surface area contributed by atoms with Crippen LogP contribution in [0.4, 0.5) is 4.79 Å². The van der Waals surface area contributed by atoms with Crippen LogP contribution in [0.25, 0.3) is 0 Å². The summed E-state index contributed by atoms with van der Waals surface area (Å²) in [5.41, 5.74) is 0.695. The predicted molar refractivity (Wildman–Crippen MR) is 87.2 cm³/mol. The highest BCUT2D eigenvalue weighted by Gasteiger charge is 2.26. The Labute approximate surface area is 138 Å². The fourth-order valence-electron chi connectivity index (χ4n) is 2.46. The number of carbonyl (C=O) groups is 1. The van der Waals surface area contributed by atoms with Gasteiger partial charge in [-0.05, 0) is 39.7 Å². The van der Waals surface area contributed by atoms with Crippen LogP contribution in [-0.2, 0) is 16.0 Å². The Morgan fingerprint density at radius 2 is 2.13 bits per heavy atom. The maximum atomic E-state index is 12.0. The lowest BCUT2D eigenvalue weighted by molar-refractivity contribution is -0.0104. The van der Waals surface area contributed by atoms with Gasteiger partial charge in [0.25, 0.3) is 0 Å². The Hall–Kier alpha value is -1.53. The van der Waals surface area contributed by atoms with E-state index in [9.17, 15) is 4.79 Å². The first-order valence-electron chi connectivity index (χ1n) is 8.25. The van der Waals surface area contributed by atoms with Crippen LogP contribution >= 0.6 is 0 Å². The Balaban J connectivity index is 1.55. The zero-order valence-corrected chi connectivity index (χ0v) is 14.3. The summed E-state index contributed by atoms with van der Waals surface area (Å²) in [7, 11) is 0. The topological polar surface area (TPSA) is 63.9 Å². The SMILES string of the molecule is CC(C)(C)OC(=O)N1CCC(OCCNCc2ccoc2)CC1. The molecule has 2 rings (SSSR count). The molecule has 6 nitrogen and oxygen atoms in total. The van der Waals surface area contributed by atoms with Crippen molar-refractivity contribution in [1.29, 1.82) is 0 Å². The Kier molecular flexibility index (Phi) is 6.47. The smallest absolute Gasteiger partial charge is 0.410 e. The minimum Gasteiger partial charge on any atom is -0.472 e. The first kappa shape index (κ1) is 17.8. The number of furan rings is 1. The van der Waals surface area contributed by atoms with Crippen molar-refractivity contribution in [1.82, 2.24) is 10.2 Å². The molecule has 1 saturated heterocycles. The van der Waals surface area contributed by atoms with Crippen molar-refractivity contribution in [2.24, 2.45) is 0 Å². The predicted octanol–water partition coefficient (Wildman–Crippen LogP) is 2.79. The van der Waals surface area contributed by atoms with Gasteiger partial charge in [-0.25, -0.2) is 4.79 Å². The first-order valence-corrected chi connectivity index (χ1v) is 8.25. The lowest BCUT2D eigenvalue weighted by Gasteiger charge is -2.33. The number of nitrogens with one attached hydrogen (secondary N) is 1. The van der Waals surface area contributed by atoms with Gasteiger partial charge in [-0.15, -0.1) is 0 Å². The fraction of sp³-hybridized carbons (Fsp3) is 0.706. The van der Waals surface area contributed by atoms with E-state index in [2.05, 4.69) is 5.32 Å². The van der Waals surface area contributed by atoms with E-state index in [1.165, 1.54) is 0 Å². The van der Waals surface area contributed by atoms with E-state index in [0.717, 1.165) is 31.5 Å². The van der Waals surface area contributed by atoms with Crippen LogP contribution in [0.2, 0.25) is 0 Å². The first-order chi connectivity index (χ1) is 10.9. The Morgan fingerprint density at radius 3 is 2.74 bits per heavy atom. The summed E-state index contributed by atoms with van der Waals surface area (Å²) in [5, 5.41) is 3.31. The molecule has 6 heteroatoms. The standard InChI is InChI=1S/C17H28N2O4/c1-17(2,3)23-16(20)19-8-4-15(5-9-19)22-11-7-18-12-14-6-10-21-13-14/h6,10,13,15,18H,4-5,7-9,11-12H2,1-3H3. The van der Waals surface area contributed by atoms with Crippen LogP contribution in [0, 0.1) is 0 Å². The van der Waals surface area contributed by atoms with Crippen molar-refractivity contribution < 1.29 is 18.7 Å². The largest absolute Gasteiger partial charge is 0.472 e.